The van der Waals surface area contributed by atoms with Gasteiger partial charge in [0.15, 0.2) is 5.60 Å². The highest BCUT2D eigenvalue weighted by Crippen LogP contribution is 2.30. The van der Waals surface area contributed by atoms with E-state index in [1.807, 2.05) is 0 Å². The molecule has 1 amide bonds. The lowest BCUT2D eigenvalue weighted by atomic mass is 10.0. The SMILES string of the molecule is NC(=O)C1(O)CCN(C2CCCC2)C1. The lowest BCUT2D eigenvalue weighted by molar-refractivity contribution is -0.135. The van der Waals surface area contributed by atoms with Gasteiger partial charge in [-0.15, -0.1) is 0 Å². The molecule has 2 fully saturated rings. The number of nitrogens with two attached hydrogens (primary N) is 1. The van der Waals surface area contributed by atoms with E-state index in [1.165, 1.54) is 25.7 Å². The van der Waals surface area contributed by atoms with Gasteiger partial charge in [-0.2, -0.15) is 0 Å². The van der Waals surface area contributed by atoms with Crippen molar-refractivity contribution < 1.29 is 9.90 Å². The summed E-state index contributed by atoms with van der Waals surface area (Å²) in [5.74, 6) is -0.571. The first-order valence-corrected chi connectivity index (χ1v) is 5.38. The molecule has 3 N–H and O–H groups in total. The summed E-state index contributed by atoms with van der Waals surface area (Å²) in [6, 6.07) is 0.573. The predicted octanol–water partition coefficient (Wildman–Crippen LogP) is -0.149. The van der Waals surface area contributed by atoms with Gasteiger partial charge in [0.2, 0.25) is 0 Å². The Labute approximate surface area is 84.1 Å². The summed E-state index contributed by atoms with van der Waals surface area (Å²) in [4.78, 5) is 13.2. The fourth-order valence-corrected chi connectivity index (χ4v) is 2.60. The van der Waals surface area contributed by atoms with E-state index >= 15 is 0 Å². The summed E-state index contributed by atoms with van der Waals surface area (Å²) >= 11 is 0. The van der Waals surface area contributed by atoms with E-state index in [-0.39, 0.29) is 0 Å². The highest BCUT2D eigenvalue weighted by atomic mass is 16.3. The van der Waals surface area contributed by atoms with E-state index in [2.05, 4.69) is 4.90 Å². The number of rotatable bonds is 2. The van der Waals surface area contributed by atoms with Crippen molar-refractivity contribution in [2.75, 3.05) is 13.1 Å². The van der Waals surface area contributed by atoms with Crippen LogP contribution in [0.2, 0.25) is 0 Å². The van der Waals surface area contributed by atoms with Crippen LogP contribution < -0.4 is 5.73 Å². The highest BCUT2D eigenvalue weighted by Gasteiger charge is 2.43. The minimum absolute atomic E-state index is 0.438. The Balaban J connectivity index is 1.96. The number of hydrogen-bond acceptors (Lipinski definition) is 3. The lowest BCUT2D eigenvalue weighted by Crippen LogP contribution is -2.47. The molecule has 1 heterocycles. The van der Waals surface area contributed by atoms with Gasteiger partial charge in [-0.05, 0) is 19.3 Å². The monoisotopic (exact) mass is 198 g/mol. The summed E-state index contributed by atoms with van der Waals surface area (Å²) in [7, 11) is 0. The molecule has 2 aliphatic rings. The van der Waals surface area contributed by atoms with Crippen molar-refractivity contribution in [2.45, 2.75) is 43.7 Å². The second kappa shape index (κ2) is 3.51. The molecule has 0 spiro atoms. The molecule has 1 saturated carbocycles. The summed E-state index contributed by atoms with van der Waals surface area (Å²) in [6.45, 7) is 1.25. The minimum Gasteiger partial charge on any atom is -0.379 e. The van der Waals surface area contributed by atoms with E-state index in [0.29, 0.717) is 19.0 Å². The van der Waals surface area contributed by atoms with Crippen LogP contribution >= 0.6 is 0 Å². The second-order valence-electron chi connectivity index (χ2n) is 4.55. The third-order valence-corrected chi connectivity index (χ3v) is 3.58. The van der Waals surface area contributed by atoms with Gasteiger partial charge in [-0.1, -0.05) is 12.8 Å². The molecular formula is C10H18N2O2. The third-order valence-electron chi connectivity index (χ3n) is 3.58. The minimum atomic E-state index is -1.26. The average Bonchev–Trinajstić information content (AvgIpc) is 2.72. The largest absolute Gasteiger partial charge is 0.379 e. The van der Waals surface area contributed by atoms with Gasteiger partial charge < -0.3 is 10.8 Å². The number of aliphatic hydroxyl groups is 1. The van der Waals surface area contributed by atoms with Gasteiger partial charge in [0.1, 0.15) is 0 Å². The van der Waals surface area contributed by atoms with Crippen LogP contribution in [0.3, 0.4) is 0 Å². The molecule has 0 aromatic rings. The maximum atomic E-state index is 11.0. The molecule has 4 nitrogen and oxygen atoms in total. The summed E-state index contributed by atoms with van der Waals surface area (Å²) in [6.07, 6.45) is 5.45. The number of β-amino-alcohol motifs (C(OH)–C–C–N with tert-alkyl or cyclic N) is 1. The molecular weight excluding hydrogens is 180 g/mol. The van der Waals surface area contributed by atoms with Crippen molar-refractivity contribution in [3.63, 3.8) is 0 Å². The van der Waals surface area contributed by atoms with Gasteiger partial charge >= 0.3 is 0 Å². The number of hydrogen-bond donors (Lipinski definition) is 2. The summed E-state index contributed by atoms with van der Waals surface area (Å²) < 4.78 is 0. The van der Waals surface area contributed by atoms with Gasteiger partial charge in [-0.25, -0.2) is 0 Å². The molecule has 0 bridgehead atoms. The van der Waals surface area contributed by atoms with Gasteiger partial charge in [-0.3, -0.25) is 9.69 Å². The van der Waals surface area contributed by atoms with E-state index in [9.17, 15) is 9.90 Å². The maximum Gasteiger partial charge on any atom is 0.250 e. The number of primary amides is 1. The number of carbonyl (C=O) groups is 1. The predicted molar refractivity (Wildman–Crippen MR) is 52.6 cm³/mol. The smallest absolute Gasteiger partial charge is 0.250 e. The Kier molecular flexibility index (Phi) is 2.49. The molecule has 1 unspecified atom stereocenters. The van der Waals surface area contributed by atoms with Crippen molar-refractivity contribution in [1.29, 1.82) is 0 Å². The van der Waals surface area contributed by atoms with E-state index in [1.54, 1.807) is 0 Å². The fraction of sp³-hybridized carbons (Fsp3) is 0.900. The van der Waals surface area contributed by atoms with E-state index in [0.717, 1.165) is 6.54 Å². The number of carbonyl (C=O) groups excluding carboxylic acids is 1. The van der Waals surface area contributed by atoms with Crippen LogP contribution in [0, 0.1) is 0 Å². The van der Waals surface area contributed by atoms with Crippen molar-refractivity contribution in [1.82, 2.24) is 4.90 Å². The summed E-state index contributed by atoms with van der Waals surface area (Å²) in [5, 5.41) is 9.88. The van der Waals surface area contributed by atoms with Gasteiger partial charge in [0, 0.05) is 19.1 Å². The molecule has 0 aromatic carbocycles. The Bertz CT molecular complexity index is 238. The van der Waals surface area contributed by atoms with Crippen molar-refractivity contribution in [3.8, 4) is 0 Å². The quantitative estimate of drug-likeness (QED) is 0.648. The first kappa shape index (κ1) is 9.93. The molecule has 1 atom stereocenters. The average molecular weight is 198 g/mol. The summed E-state index contributed by atoms with van der Waals surface area (Å²) in [5.41, 5.74) is 3.92. The van der Waals surface area contributed by atoms with Crippen LogP contribution in [0.15, 0.2) is 0 Å². The van der Waals surface area contributed by atoms with Crippen LogP contribution in [0.25, 0.3) is 0 Å². The Morgan fingerprint density at radius 1 is 1.43 bits per heavy atom. The molecule has 1 aliphatic carbocycles. The molecule has 0 radical (unpaired) electrons. The van der Waals surface area contributed by atoms with Crippen molar-refractivity contribution >= 4 is 5.91 Å². The molecule has 1 saturated heterocycles. The fourth-order valence-electron chi connectivity index (χ4n) is 2.60. The van der Waals surface area contributed by atoms with Gasteiger partial charge in [0.25, 0.3) is 5.91 Å². The van der Waals surface area contributed by atoms with Gasteiger partial charge in [0.05, 0.1) is 0 Å². The Hall–Kier alpha value is -0.610. The zero-order chi connectivity index (χ0) is 10.2. The normalized spacial score (nSPS) is 35.2. The zero-order valence-electron chi connectivity index (χ0n) is 8.41. The number of nitrogens with zero attached hydrogens (tertiary/aromatic N) is 1. The molecule has 4 heteroatoms. The third kappa shape index (κ3) is 1.64. The van der Waals surface area contributed by atoms with E-state index < -0.39 is 11.5 Å². The molecule has 1 aliphatic heterocycles. The molecule has 0 aromatic heterocycles. The first-order chi connectivity index (χ1) is 6.62. The van der Waals surface area contributed by atoms with Crippen molar-refractivity contribution in [2.24, 2.45) is 5.73 Å². The zero-order valence-corrected chi connectivity index (χ0v) is 8.41. The Morgan fingerprint density at radius 3 is 2.57 bits per heavy atom. The number of likely N-dealkylation sites (tertiary alicyclic amines) is 1. The number of amides is 1. The standard InChI is InChI=1S/C10H18N2O2/c11-9(13)10(14)5-6-12(7-10)8-3-1-2-4-8/h8,14H,1-7H2,(H2,11,13). The topological polar surface area (TPSA) is 66.6 Å². The van der Waals surface area contributed by atoms with E-state index in [4.69, 9.17) is 5.73 Å². The van der Waals surface area contributed by atoms with Crippen LogP contribution in [0.4, 0.5) is 0 Å². The van der Waals surface area contributed by atoms with Crippen LogP contribution in [0.5, 0.6) is 0 Å². The van der Waals surface area contributed by atoms with Crippen LogP contribution in [-0.2, 0) is 4.79 Å². The van der Waals surface area contributed by atoms with Crippen molar-refractivity contribution in [3.05, 3.63) is 0 Å². The van der Waals surface area contributed by atoms with Crippen LogP contribution in [-0.4, -0.2) is 40.6 Å². The molecule has 80 valence electrons. The first-order valence-electron chi connectivity index (χ1n) is 5.38. The maximum absolute atomic E-state index is 11.0. The molecule has 2 rings (SSSR count). The molecule has 14 heavy (non-hydrogen) atoms. The highest BCUT2D eigenvalue weighted by molar-refractivity contribution is 5.83. The van der Waals surface area contributed by atoms with Crippen LogP contribution in [0.1, 0.15) is 32.1 Å². The second-order valence-corrected chi connectivity index (χ2v) is 4.55. The Morgan fingerprint density at radius 2 is 2.07 bits per heavy atom. The lowest BCUT2D eigenvalue weighted by Gasteiger charge is -2.25.